The molecule has 0 aliphatic carbocycles. The maximum atomic E-state index is 4.15. The van der Waals surface area contributed by atoms with Gasteiger partial charge in [0.1, 0.15) is 5.82 Å². The van der Waals surface area contributed by atoms with E-state index < -0.39 is 0 Å². The molecule has 0 bridgehead atoms. The SMILES string of the molecule is C=C(N=CN(C)C)N=C(C)/C=C\C. The normalized spacial score (nSPS) is 12.8. The minimum Gasteiger partial charge on any atom is -0.369 e. The van der Waals surface area contributed by atoms with E-state index in [0.717, 1.165) is 5.71 Å². The Bertz CT molecular complexity index is 247. The molecule has 0 amide bonds. The lowest BCUT2D eigenvalue weighted by molar-refractivity contribution is 0.642. The number of nitrogens with zero attached hydrogens (tertiary/aromatic N) is 3. The summed E-state index contributed by atoms with van der Waals surface area (Å²) in [5.74, 6) is 0.518. The van der Waals surface area contributed by atoms with E-state index in [0.29, 0.717) is 5.82 Å². The zero-order valence-corrected chi connectivity index (χ0v) is 8.78. The van der Waals surface area contributed by atoms with E-state index in [4.69, 9.17) is 0 Å². The molecule has 0 aromatic heterocycles. The van der Waals surface area contributed by atoms with Crippen LogP contribution in [-0.2, 0) is 0 Å². The fourth-order valence-corrected chi connectivity index (χ4v) is 0.693. The summed E-state index contributed by atoms with van der Waals surface area (Å²) in [5, 5.41) is 0. The molecule has 3 heteroatoms. The van der Waals surface area contributed by atoms with Gasteiger partial charge in [0.15, 0.2) is 0 Å². The third-order valence-corrected chi connectivity index (χ3v) is 1.15. The van der Waals surface area contributed by atoms with Gasteiger partial charge in [-0.05, 0) is 19.9 Å². The number of allylic oxidation sites excluding steroid dienone is 2. The molecule has 0 spiro atoms. The Morgan fingerprint density at radius 3 is 2.46 bits per heavy atom. The van der Waals surface area contributed by atoms with Crippen molar-refractivity contribution >= 4 is 12.1 Å². The molecule has 0 aromatic rings. The smallest absolute Gasteiger partial charge is 0.146 e. The van der Waals surface area contributed by atoms with E-state index in [1.54, 1.807) is 6.34 Å². The molecular formula is C10H17N3. The molecule has 0 radical (unpaired) electrons. The first-order valence-corrected chi connectivity index (χ1v) is 4.13. The van der Waals surface area contributed by atoms with Crippen molar-refractivity contribution < 1.29 is 0 Å². The van der Waals surface area contributed by atoms with Crippen molar-refractivity contribution in [2.24, 2.45) is 9.98 Å². The fraction of sp³-hybridized carbons (Fsp3) is 0.400. The molecule has 0 fully saturated rings. The fourth-order valence-electron chi connectivity index (χ4n) is 0.693. The van der Waals surface area contributed by atoms with Gasteiger partial charge in [-0.2, -0.15) is 0 Å². The van der Waals surface area contributed by atoms with E-state index in [-0.39, 0.29) is 0 Å². The van der Waals surface area contributed by atoms with Crippen LogP contribution in [0.5, 0.6) is 0 Å². The van der Waals surface area contributed by atoms with Crippen molar-refractivity contribution in [2.45, 2.75) is 13.8 Å². The summed E-state index contributed by atoms with van der Waals surface area (Å²) in [4.78, 5) is 10.0. The molecule has 13 heavy (non-hydrogen) atoms. The highest BCUT2D eigenvalue weighted by Gasteiger charge is 1.86. The molecule has 0 aliphatic heterocycles. The van der Waals surface area contributed by atoms with Gasteiger partial charge in [0, 0.05) is 19.8 Å². The third kappa shape index (κ3) is 7.00. The average molecular weight is 179 g/mol. The minimum absolute atomic E-state index is 0.518. The summed E-state index contributed by atoms with van der Waals surface area (Å²) in [7, 11) is 3.80. The van der Waals surface area contributed by atoms with E-state index in [1.807, 2.05) is 45.0 Å². The average Bonchev–Trinajstić information content (AvgIpc) is 2.01. The van der Waals surface area contributed by atoms with Crippen molar-refractivity contribution in [3.05, 3.63) is 24.6 Å². The molecule has 0 atom stereocenters. The van der Waals surface area contributed by atoms with Crippen molar-refractivity contribution in [1.82, 2.24) is 4.90 Å². The van der Waals surface area contributed by atoms with Crippen LogP contribution in [0.4, 0.5) is 0 Å². The number of rotatable bonds is 4. The zero-order chi connectivity index (χ0) is 10.3. The topological polar surface area (TPSA) is 28.0 Å². The molecule has 0 heterocycles. The first-order chi connectivity index (χ1) is 6.06. The second-order valence-electron chi connectivity index (χ2n) is 2.88. The molecule has 0 saturated carbocycles. The van der Waals surface area contributed by atoms with Crippen LogP contribution in [0.1, 0.15) is 13.8 Å². The van der Waals surface area contributed by atoms with Crippen LogP contribution in [0.15, 0.2) is 34.5 Å². The van der Waals surface area contributed by atoms with Gasteiger partial charge in [0.2, 0.25) is 0 Å². The highest BCUT2D eigenvalue weighted by Crippen LogP contribution is 1.95. The summed E-state index contributed by atoms with van der Waals surface area (Å²) in [6.45, 7) is 7.57. The first-order valence-electron chi connectivity index (χ1n) is 4.13. The van der Waals surface area contributed by atoms with Crippen LogP contribution < -0.4 is 0 Å². The monoisotopic (exact) mass is 179 g/mol. The molecule has 72 valence electrons. The Morgan fingerprint density at radius 1 is 1.38 bits per heavy atom. The Kier molecular flexibility index (Phi) is 5.52. The second kappa shape index (κ2) is 6.17. The number of hydrogen-bond acceptors (Lipinski definition) is 2. The molecular weight excluding hydrogens is 162 g/mol. The van der Waals surface area contributed by atoms with Gasteiger partial charge in [-0.25, -0.2) is 9.98 Å². The van der Waals surface area contributed by atoms with Gasteiger partial charge in [-0.1, -0.05) is 12.7 Å². The molecule has 0 N–H and O–H groups in total. The van der Waals surface area contributed by atoms with Crippen molar-refractivity contribution in [3.8, 4) is 0 Å². The van der Waals surface area contributed by atoms with E-state index in [9.17, 15) is 0 Å². The predicted octanol–water partition coefficient (Wildman–Crippen LogP) is 2.08. The Balaban J connectivity index is 4.22. The molecule has 0 aliphatic rings. The van der Waals surface area contributed by atoms with Gasteiger partial charge < -0.3 is 4.90 Å². The van der Waals surface area contributed by atoms with Crippen LogP contribution >= 0.6 is 0 Å². The predicted molar refractivity (Wildman–Crippen MR) is 59.2 cm³/mol. The molecule has 0 unspecified atom stereocenters. The van der Waals surface area contributed by atoms with Crippen molar-refractivity contribution in [1.29, 1.82) is 0 Å². The summed E-state index contributed by atoms with van der Waals surface area (Å²) < 4.78 is 0. The van der Waals surface area contributed by atoms with Gasteiger partial charge in [-0.15, -0.1) is 0 Å². The van der Waals surface area contributed by atoms with Gasteiger partial charge in [-0.3, -0.25) is 0 Å². The van der Waals surface area contributed by atoms with Crippen LogP contribution in [0.2, 0.25) is 0 Å². The largest absolute Gasteiger partial charge is 0.369 e. The maximum absolute atomic E-state index is 4.15. The quantitative estimate of drug-likeness (QED) is 0.479. The molecule has 0 saturated heterocycles. The second-order valence-corrected chi connectivity index (χ2v) is 2.88. The van der Waals surface area contributed by atoms with Crippen LogP contribution in [0, 0.1) is 0 Å². The van der Waals surface area contributed by atoms with Gasteiger partial charge in [0.05, 0.1) is 6.34 Å². The van der Waals surface area contributed by atoms with E-state index in [1.165, 1.54) is 0 Å². The zero-order valence-electron chi connectivity index (χ0n) is 8.78. The number of aliphatic imine (C=N–C) groups is 2. The lowest BCUT2D eigenvalue weighted by Gasteiger charge is -2.01. The first kappa shape index (κ1) is 11.6. The Hall–Kier alpha value is -1.38. The lowest BCUT2D eigenvalue weighted by atomic mass is 10.4. The Labute approximate surface area is 80.2 Å². The van der Waals surface area contributed by atoms with Crippen LogP contribution in [0.3, 0.4) is 0 Å². The van der Waals surface area contributed by atoms with E-state index in [2.05, 4.69) is 16.6 Å². The molecule has 0 rings (SSSR count). The minimum atomic E-state index is 0.518. The van der Waals surface area contributed by atoms with Gasteiger partial charge >= 0.3 is 0 Å². The van der Waals surface area contributed by atoms with Gasteiger partial charge in [0.25, 0.3) is 0 Å². The summed E-state index contributed by atoms with van der Waals surface area (Å²) >= 11 is 0. The van der Waals surface area contributed by atoms with Crippen LogP contribution in [0.25, 0.3) is 0 Å². The third-order valence-electron chi connectivity index (χ3n) is 1.15. The standard InChI is InChI=1S/C10H17N3/c1-6-7-9(2)12-10(3)11-8-13(4)5/h6-8H,3H2,1-2,4-5H3/b7-6-,11-8?,12-9?. The molecule has 3 nitrogen and oxygen atoms in total. The highest BCUT2D eigenvalue weighted by molar-refractivity contribution is 5.93. The maximum Gasteiger partial charge on any atom is 0.146 e. The number of hydrogen-bond donors (Lipinski definition) is 0. The summed E-state index contributed by atoms with van der Waals surface area (Å²) in [5.41, 5.74) is 0.906. The highest BCUT2D eigenvalue weighted by atomic mass is 15.1. The lowest BCUT2D eigenvalue weighted by Crippen LogP contribution is -2.07. The van der Waals surface area contributed by atoms with Crippen molar-refractivity contribution in [3.63, 3.8) is 0 Å². The summed E-state index contributed by atoms with van der Waals surface area (Å²) in [6.07, 6.45) is 5.52. The Morgan fingerprint density at radius 2 is 2.00 bits per heavy atom. The summed E-state index contributed by atoms with van der Waals surface area (Å²) in [6, 6.07) is 0. The van der Waals surface area contributed by atoms with Crippen LogP contribution in [-0.4, -0.2) is 31.0 Å². The van der Waals surface area contributed by atoms with Crippen molar-refractivity contribution in [2.75, 3.05) is 14.1 Å². The molecule has 0 aromatic carbocycles. The van der Waals surface area contributed by atoms with E-state index >= 15 is 0 Å².